The minimum atomic E-state index is -3.86. The van der Waals surface area contributed by atoms with Crippen LogP contribution < -0.4 is 20.3 Å². The lowest BCUT2D eigenvalue weighted by molar-refractivity contribution is 0.313. The van der Waals surface area contributed by atoms with Crippen molar-refractivity contribution < 1.29 is 8.42 Å². The molecule has 0 amide bonds. The van der Waals surface area contributed by atoms with Crippen molar-refractivity contribution in [1.29, 1.82) is 0 Å². The van der Waals surface area contributed by atoms with Crippen LogP contribution in [0.3, 0.4) is 0 Å². The number of hydrogen-bond donors (Lipinski definition) is 2. The molecule has 0 atom stereocenters. The maximum absolute atomic E-state index is 13.7. The Morgan fingerprint density at radius 3 is 2.35 bits per heavy atom. The highest BCUT2D eigenvalue weighted by molar-refractivity contribution is 7.93. The van der Waals surface area contributed by atoms with E-state index in [1.807, 2.05) is 37.3 Å². The fourth-order valence-corrected chi connectivity index (χ4v) is 6.72. The summed E-state index contributed by atoms with van der Waals surface area (Å²) in [6.07, 6.45) is 5.29. The third-order valence-electron chi connectivity index (χ3n) is 7.27. The molecule has 0 aliphatic carbocycles. The van der Waals surface area contributed by atoms with Crippen molar-refractivity contribution in [2.75, 3.05) is 60.0 Å². The number of fused-ring (bicyclic) bond motifs is 3. The van der Waals surface area contributed by atoms with Crippen LogP contribution in [0, 0.1) is 0 Å². The molecule has 2 aromatic heterocycles. The Kier molecular flexibility index (Phi) is 6.72. The molecule has 12 heteroatoms. The Bertz CT molecular complexity index is 1640. The van der Waals surface area contributed by atoms with Crippen molar-refractivity contribution >= 4 is 39.0 Å². The number of nitrogens with two attached hydrogens (primary N) is 1. The summed E-state index contributed by atoms with van der Waals surface area (Å²) >= 11 is 0. The van der Waals surface area contributed by atoms with Gasteiger partial charge in [0.05, 0.1) is 17.6 Å². The summed E-state index contributed by atoms with van der Waals surface area (Å²) in [6.45, 7) is 6.34. The van der Waals surface area contributed by atoms with Crippen molar-refractivity contribution in [3.8, 4) is 22.4 Å². The van der Waals surface area contributed by atoms with Gasteiger partial charge in [-0.05, 0) is 49.4 Å². The summed E-state index contributed by atoms with van der Waals surface area (Å²) in [5, 5.41) is 3.24. The van der Waals surface area contributed by atoms with Gasteiger partial charge in [0, 0.05) is 67.6 Å². The molecule has 4 aromatic rings. The molecule has 0 bridgehead atoms. The molecule has 3 N–H and O–H groups in total. The topological polar surface area (TPSA) is 133 Å². The van der Waals surface area contributed by atoms with E-state index >= 15 is 0 Å². The average molecular weight is 558 g/mol. The highest BCUT2D eigenvalue weighted by Crippen LogP contribution is 2.44. The molecular formula is C28H31N9O2S. The van der Waals surface area contributed by atoms with E-state index in [1.54, 1.807) is 12.4 Å². The van der Waals surface area contributed by atoms with Gasteiger partial charge in [-0.3, -0.25) is 4.31 Å². The number of hydrogen-bond acceptors (Lipinski definition) is 10. The number of sulfonamides is 1. The second kappa shape index (κ2) is 10.4. The summed E-state index contributed by atoms with van der Waals surface area (Å²) in [7, 11) is -1.71. The predicted molar refractivity (Wildman–Crippen MR) is 157 cm³/mol. The minimum Gasteiger partial charge on any atom is -0.369 e. The number of benzene rings is 2. The van der Waals surface area contributed by atoms with Gasteiger partial charge in [-0.2, -0.15) is 0 Å². The Labute approximate surface area is 233 Å². The van der Waals surface area contributed by atoms with Crippen LogP contribution in [-0.2, 0) is 10.0 Å². The Hall–Kier alpha value is -4.29. The smallest absolute Gasteiger partial charge is 0.268 e. The van der Waals surface area contributed by atoms with Crippen LogP contribution in [0.5, 0.6) is 0 Å². The molecule has 206 valence electrons. The van der Waals surface area contributed by atoms with Crippen molar-refractivity contribution in [3.63, 3.8) is 0 Å². The first-order valence-corrected chi connectivity index (χ1v) is 14.7. The molecule has 6 rings (SSSR count). The number of likely N-dealkylation sites (N-methyl/N-ethyl adjacent to an activating group) is 1. The van der Waals surface area contributed by atoms with Crippen molar-refractivity contribution in [3.05, 3.63) is 61.1 Å². The fraction of sp³-hybridized carbons (Fsp3) is 0.286. The summed E-state index contributed by atoms with van der Waals surface area (Å²) in [4.78, 5) is 22.0. The number of nitrogens with zero attached hydrogens (tertiary/aromatic N) is 7. The van der Waals surface area contributed by atoms with E-state index in [-0.39, 0.29) is 10.8 Å². The van der Waals surface area contributed by atoms with Crippen LogP contribution in [0.1, 0.15) is 13.3 Å². The van der Waals surface area contributed by atoms with Gasteiger partial charge in [0.2, 0.25) is 11.9 Å². The molecule has 4 heterocycles. The second-order valence-corrected chi connectivity index (χ2v) is 11.8. The molecule has 1 saturated heterocycles. The zero-order valence-corrected chi connectivity index (χ0v) is 23.3. The molecule has 40 heavy (non-hydrogen) atoms. The fourth-order valence-electron chi connectivity index (χ4n) is 5.06. The number of anilines is 5. The predicted octanol–water partition coefficient (Wildman–Crippen LogP) is 3.60. The third kappa shape index (κ3) is 4.80. The van der Waals surface area contributed by atoms with Crippen LogP contribution in [0.2, 0.25) is 0 Å². The Morgan fingerprint density at radius 2 is 1.65 bits per heavy atom. The molecule has 0 spiro atoms. The monoisotopic (exact) mass is 557 g/mol. The molecular weight excluding hydrogens is 526 g/mol. The summed E-state index contributed by atoms with van der Waals surface area (Å²) in [6, 6.07) is 13.8. The quantitative estimate of drug-likeness (QED) is 0.362. The van der Waals surface area contributed by atoms with Gasteiger partial charge >= 0.3 is 0 Å². The van der Waals surface area contributed by atoms with Crippen LogP contribution >= 0.6 is 0 Å². The van der Waals surface area contributed by atoms with E-state index in [1.165, 1.54) is 16.2 Å². The molecule has 0 radical (unpaired) electrons. The first-order chi connectivity index (χ1) is 19.3. The van der Waals surface area contributed by atoms with E-state index in [0.29, 0.717) is 35.9 Å². The lowest BCUT2D eigenvalue weighted by Crippen LogP contribution is -2.44. The number of piperazine rings is 1. The lowest BCUT2D eigenvalue weighted by Gasteiger charge is -2.34. The van der Waals surface area contributed by atoms with Crippen LogP contribution in [0.15, 0.2) is 66.0 Å². The molecule has 2 aliphatic heterocycles. The van der Waals surface area contributed by atoms with Crippen molar-refractivity contribution in [2.24, 2.45) is 0 Å². The molecule has 0 unspecified atom stereocenters. The number of aromatic nitrogens is 4. The van der Waals surface area contributed by atoms with Gasteiger partial charge in [0.25, 0.3) is 10.0 Å². The number of nitrogen functional groups attached to an aromatic ring is 1. The van der Waals surface area contributed by atoms with Gasteiger partial charge in [-0.15, -0.1) is 0 Å². The Balaban J connectivity index is 1.33. The Morgan fingerprint density at radius 1 is 0.925 bits per heavy atom. The SMILES string of the molecule is CCCN1c2cc(-c3cnc(N)nc3)ccc2-c2nc(Nc3ccc(N4CCN(C)CC4)cc3)ncc2S1(=O)=O. The van der Waals surface area contributed by atoms with E-state index in [2.05, 4.69) is 54.2 Å². The summed E-state index contributed by atoms with van der Waals surface area (Å²) in [5.41, 5.74) is 10.8. The molecule has 11 nitrogen and oxygen atoms in total. The van der Waals surface area contributed by atoms with E-state index in [4.69, 9.17) is 5.73 Å². The number of rotatable bonds is 6. The van der Waals surface area contributed by atoms with Crippen LogP contribution in [0.4, 0.5) is 29.0 Å². The van der Waals surface area contributed by atoms with Crippen molar-refractivity contribution in [2.45, 2.75) is 18.2 Å². The number of nitrogens with one attached hydrogen (secondary N) is 1. The van der Waals surface area contributed by atoms with Gasteiger partial charge < -0.3 is 20.9 Å². The zero-order valence-electron chi connectivity index (χ0n) is 22.4. The van der Waals surface area contributed by atoms with Gasteiger partial charge in [0.1, 0.15) is 4.90 Å². The van der Waals surface area contributed by atoms with E-state index < -0.39 is 10.0 Å². The molecule has 0 saturated carbocycles. The first kappa shape index (κ1) is 26.0. The lowest BCUT2D eigenvalue weighted by atomic mass is 10.0. The molecule has 2 aliphatic rings. The van der Waals surface area contributed by atoms with E-state index in [9.17, 15) is 8.42 Å². The van der Waals surface area contributed by atoms with Gasteiger partial charge in [0.15, 0.2) is 0 Å². The highest BCUT2D eigenvalue weighted by Gasteiger charge is 2.36. The largest absolute Gasteiger partial charge is 0.369 e. The van der Waals surface area contributed by atoms with Gasteiger partial charge in [-0.1, -0.05) is 19.1 Å². The van der Waals surface area contributed by atoms with Crippen LogP contribution in [0.25, 0.3) is 22.4 Å². The molecule has 1 fully saturated rings. The van der Waals surface area contributed by atoms with Gasteiger partial charge in [-0.25, -0.2) is 28.4 Å². The molecule has 2 aromatic carbocycles. The third-order valence-corrected chi connectivity index (χ3v) is 9.08. The minimum absolute atomic E-state index is 0.0907. The van der Waals surface area contributed by atoms with E-state index in [0.717, 1.165) is 43.0 Å². The summed E-state index contributed by atoms with van der Waals surface area (Å²) < 4.78 is 28.8. The standard InChI is InChI=1S/C28H31N9O2S/c1-3-10-37-24-15-19(20-16-30-27(29)31-17-20)4-9-23(24)26-25(40(37,38)39)18-32-28(34-26)33-21-5-7-22(8-6-21)36-13-11-35(2)12-14-36/h4-9,15-18H,3,10-14H2,1-2H3,(H2,29,30,31)(H,32,33,34). The first-order valence-electron chi connectivity index (χ1n) is 13.3. The normalized spacial score (nSPS) is 16.4. The van der Waals surface area contributed by atoms with Crippen molar-refractivity contribution in [1.82, 2.24) is 24.8 Å². The van der Waals surface area contributed by atoms with Crippen LogP contribution in [-0.4, -0.2) is 73.0 Å². The average Bonchev–Trinajstić information content (AvgIpc) is 2.96. The summed E-state index contributed by atoms with van der Waals surface area (Å²) in [5.74, 6) is 0.503. The maximum atomic E-state index is 13.7. The second-order valence-electron chi connectivity index (χ2n) is 10.0. The highest BCUT2D eigenvalue weighted by atomic mass is 32.2. The zero-order chi connectivity index (χ0) is 27.9. The maximum Gasteiger partial charge on any atom is 0.268 e.